The number of phenols is 2. The molecule has 0 aliphatic heterocycles. The number of hydrogen-bond acceptors (Lipinski definition) is 3. The van der Waals surface area contributed by atoms with Gasteiger partial charge in [0.15, 0.2) is 16.9 Å². The molecule has 0 saturated carbocycles. The molecule has 1 heterocycles. The van der Waals surface area contributed by atoms with Crippen molar-refractivity contribution in [2.75, 3.05) is 0 Å². The van der Waals surface area contributed by atoms with Crippen molar-refractivity contribution in [3.8, 4) is 11.5 Å². The van der Waals surface area contributed by atoms with Gasteiger partial charge in [0.2, 0.25) is 5.75 Å². The van der Waals surface area contributed by atoms with Crippen LogP contribution in [-0.2, 0) is 0 Å². The summed E-state index contributed by atoms with van der Waals surface area (Å²) in [4.78, 5) is 0. The average molecular weight is 516 g/mol. The molecular formula is C12H4Br4O3. The summed E-state index contributed by atoms with van der Waals surface area (Å²) in [6.45, 7) is 0. The van der Waals surface area contributed by atoms with E-state index in [1.54, 1.807) is 6.07 Å². The fourth-order valence-electron chi connectivity index (χ4n) is 1.91. The van der Waals surface area contributed by atoms with Crippen molar-refractivity contribution in [3.05, 3.63) is 30.0 Å². The molecule has 0 aliphatic rings. The van der Waals surface area contributed by atoms with Gasteiger partial charge >= 0.3 is 0 Å². The molecule has 0 saturated heterocycles. The zero-order chi connectivity index (χ0) is 13.9. The highest BCUT2D eigenvalue weighted by atomic mass is 79.9. The Balaban J connectivity index is 2.66. The Morgan fingerprint density at radius 3 is 2.11 bits per heavy atom. The Kier molecular flexibility index (Phi) is 3.36. The minimum Gasteiger partial charge on any atom is -0.504 e. The van der Waals surface area contributed by atoms with E-state index in [4.69, 9.17) is 4.42 Å². The number of benzene rings is 2. The number of furan rings is 1. The van der Waals surface area contributed by atoms with Crippen molar-refractivity contribution in [2.24, 2.45) is 0 Å². The lowest BCUT2D eigenvalue weighted by atomic mass is 10.1. The third-order valence-electron chi connectivity index (χ3n) is 2.81. The van der Waals surface area contributed by atoms with Gasteiger partial charge in [0.1, 0.15) is 0 Å². The third-order valence-corrected chi connectivity index (χ3v) is 7.54. The summed E-state index contributed by atoms with van der Waals surface area (Å²) >= 11 is 13.9. The van der Waals surface area contributed by atoms with Crippen LogP contribution < -0.4 is 0 Å². The van der Waals surface area contributed by atoms with Crippen molar-refractivity contribution in [2.45, 2.75) is 0 Å². The van der Waals surface area contributed by atoms with Crippen molar-refractivity contribution < 1.29 is 14.6 Å². The largest absolute Gasteiger partial charge is 0.504 e. The molecule has 0 amide bonds. The zero-order valence-electron chi connectivity index (χ0n) is 8.97. The first-order valence-corrected chi connectivity index (χ1v) is 8.19. The third kappa shape index (κ3) is 1.86. The van der Waals surface area contributed by atoms with Crippen LogP contribution in [0.15, 0.2) is 34.4 Å². The maximum Gasteiger partial charge on any atom is 0.201 e. The molecule has 19 heavy (non-hydrogen) atoms. The number of hydrogen-bond donors (Lipinski definition) is 2. The molecule has 2 N–H and O–H groups in total. The van der Waals surface area contributed by atoms with Gasteiger partial charge in [0, 0.05) is 19.7 Å². The van der Waals surface area contributed by atoms with Crippen molar-refractivity contribution in [1.82, 2.24) is 0 Å². The molecule has 0 atom stereocenters. The maximum absolute atomic E-state index is 9.88. The van der Waals surface area contributed by atoms with Crippen LogP contribution in [0.5, 0.6) is 11.5 Å². The number of phenolic OH excluding ortho intramolecular Hbond substituents is 2. The predicted molar refractivity (Wildman–Crippen MR) is 87.8 cm³/mol. The molecule has 98 valence electrons. The molecule has 3 rings (SSSR count). The van der Waals surface area contributed by atoms with Crippen LogP contribution in [0.3, 0.4) is 0 Å². The van der Waals surface area contributed by atoms with E-state index in [0.717, 1.165) is 23.3 Å². The molecule has 3 aromatic rings. The second kappa shape index (κ2) is 4.65. The summed E-state index contributed by atoms with van der Waals surface area (Å²) in [5.74, 6) is -0.475. The molecule has 3 nitrogen and oxygen atoms in total. The topological polar surface area (TPSA) is 53.6 Å². The summed E-state index contributed by atoms with van der Waals surface area (Å²) in [5, 5.41) is 20.9. The molecule has 0 spiro atoms. The van der Waals surface area contributed by atoms with E-state index < -0.39 is 0 Å². The van der Waals surface area contributed by atoms with Gasteiger partial charge in [-0.2, -0.15) is 0 Å². The first-order chi connectivity index (χ1) is 8.93. The van der Waals surface area contributed by atoms with E-state index in [-0.39, 0.29) is 17.1 Å². The van der Waals surface area contributed by atoms with Gasteiger partial charge in [-0.15, -0.1) is 0 Å². The summed E-state index contributed by atoms with van der Waals surface area (Å²) in [7, 11) is 0. The van der Waals surface area contributed by atoms with Gasteiger partial charge < -0.3 is 14.6 Å². The number of aromatic hydroxyl groups is 2. The van der Waals surface area contributed by atoms with E-state index >= 15 is 0 Å². The van der Waals surface area contributed by atoms with Crippen LogP contribution in [-0.4, -0.2) is 10.2 Å². The van der Waals surface area contributed by atoms with Gasteiger partial charge in [0.05, 0.1) is 8.95 Å². The van der Waals surface area contributed by atoms with E-state index in [0.29, 0.717) is 11.0 Å². The molecule has 0 radical (unpaired) electrons. The maximum atomic E-state index is 9.88. The highest BCUT2D eigenvalue weighted by Gasteiger charge is 2.21. The second-order valence-electron chi connectivity index (χ2n) is 3.87. The molecule has 2 aromatic carbocycles. The van der Waals surface area contributed by atoms with Crippen molar-refractivity contribution in [1.29, 1.82) is 0 Å². The standard InChI is InChI=1S/C12H4Br4O3/c13-6-5-3-1-2-4(17)10(18)11(3)19-12(5)9(16)8(15)7(6)14/h1-2,17-18H. The SMILES string of the molecule is Oc1ccc2c(oc3c(Br)c(Br)c(Br)c(Br)c32)c1O. The van der Waals surface area contributed by atoms with Gasteiger partial charge in [-0.25, -0.2) is 0 Å². The van der Waals surface area contributed by atoms with E-state index in [9.17, 15) is 10.2 Å². The predicted octanol–water partition coefficient (Wildman–Crippen LogP) is 6.05. The van der Waals surface area contributed by atoms with Crippen molar-refractivity contribution >= 4 is 85.7 Å². The monoisotopic (exact) mass is 512 g/mol. The molecule has 0 aliphatic carbocycles. The zero-order valence-corrected chi connectivity index (χ0v) is 15.3. The van der Waals surface area contributed by atoms with Crippen LogP contribution in [0, 0.1) is 0 Å². The number of halogens is 4. The van der Waals surface area contributed by atoms with E-state index in [2.05, 4.69) is 63.7 Å². The lowest BCUT2D eigenvalue weighted by molar-refractivity contribution is 0.402. The van der Waals surface area contributed by atoms with Crippen LogP contribution in [0.1, 0.15) is 0 Å². The summed E-state index contributed by atoms with van der Waals surface area (Å²) in [6, 6.07) is 3.14. The smallest absolute Gasteiger partial charge is 0.201 e. The fourth-order valence-corrected chi connectivity index (χ4v) is 4.29. The Bertz CT molecular complexity index is 838. The van der Waals surface area contributed by atoms with Crippen LogP contribution in [0.25, 0.3) is 21.9 Å². The normalized spacial score (nSPS) is 11.6. The van der Waals surface area contributed by atoms with Crippen LogP contribution in [0.4, 0.5) is 0 Å². The summed E-state index contributed by atoms with van der Waals surface area (Å²) < 4.78 is 8.85. The highest BCUT2D eigenvalue weighted by Crippen LogP contribution is 2.49. The molecular weight excluding hydrogens is 512 g/mol. The Hall–Kier alpha value is -0.240. The molecule has 7 heteroatoms. The Morgan fingerprint density at radius 2 is 1.42 bits per heavy atom. The van der Waals surface area contributed by atoms with Crippen LogP contribution >= 0.6 is 63.7 Å². The molecule has 0 bridgehead atoms. The number of fused-ring (bicyclic) bond motifs is 3. The highest BCUT2D eigenvalue weighted by molar-refractivity contribution is 9.15. The van der Waals surface area contributed by atoms with Gasteiger partial charge in [-0.1, -0.05) is 0 Å². The Morgan fingerprint density at radius 1 is 0.789 bits per heavy atom. The summed E-state index contributed by atoms with van der Waals surface area (Å²) in [5.41, 5.74) is 0.833. The molecule has 1 aromatic heterocycles. The molecule has 0 unspecified atom stereocenters. The molecule has 0 fully saturated rings. The first-order valence-electron chi connectivity index (χ1n) is 5.02. The summed E-state index contributed by atoms with van der Waals surface area (Å²) in [6.07, 6.45) is 0. The van der Waals surface area contributed by atoms with Crippen molar-refractivity contribution in [3.63, 3.8) is 0 Å². The van der Waals surface area contributed by atoms with E-state index in [1.165, 1.54) is 6.07 Å². The lowest BCUT2D eigenvalue weighted by Crippen LogP contribution is -1.79. The lowest BCUT2D eigenvalue weighted by Gasteiger charge is -2.04. The van der Waals surface area contributed by atoms with Gasteiger partial charge in [-0.3, -0.25) is 0 Å². The minimum atomic E-state index is -0.264. The Labute approximate surface area is 141 Å². The average Bonchev–Trinajstić information content (AvgIpc) is 2.78. The first kappa shape index (κ1) is 13.7. The van der Waals surface area contributed by atoms with Gasteiger partial charge in [0.25, 0.3) is 0 Å². The van der Waals surface area contributed by atoms with Crippen LogP contribution in [0.2, 0.25) is 0 Å². The minimum absolute atomic E-state index is 0.211. The number of rotatable bonds is 0. The van der Waals surface area contributed by atoms with Gasteiger partial charge in [-0.05, 0) is 75.9 Å². The fraction of sp³-hybridized carbons (Fsp3) is 0. The quantitative estimate of drug-likeness (QED) is 0.218. The van der Waals surface area contributed by atoms with E-state index in [1.807, 2.05) is 0 Å². The second-order valence-corrected chi connectivity index (χ2v) is 7.04.